The normalized spacial score (nSPS) is 18.4. The summed E-state index contributed by atoms with van der Waals surface area (Å²) in [6, 6.07) is 3.26. The summed E-state index contributed by atoms with van der Waals surface area (Å²) >= 11 is 17.9. The van der Waals surface area contributed by atoms with Crippen LogP contribution < -0.4 is 20.6 Å². The van der Waals surface area contributed by atoms with Crippen LogP contribution in [-0.4, -0.2) is 44.2 Å². The smallest absolute Gasteiger partial charge is 0.360 e. The van der Waals surface area contributed by atoms with Crippen molar-refractivity contribution in [3.05, 3.63) is 39.0 Å². The highest BCUT2D eigenvalue weighted by Crippen LogP contribution is 2.28. The summed E-state index contributed by atoms with van der Waals surface area (Å²) in [5.41, 5.74) is -0.354. The van der Waals surface area contributed by atoms with Crippen molar-refractivity contribution in [3.8, 4) is 0 Å². The maximum atomic E-state index is 13.1. The van der Waals surface area contributed by atoms with Crippen molar-refractivity contribution >= 4 is 50.6 Å². The molecule has 0 radical (unpaired) electrons. The Labute approximate surface area is 175 Å². The van der Waals surface area contributed by atoms with E-state index in [-0.39, 0.29) is 52.5 Å². The number of nitrogens with zero attached hydrogens (tertiary/aromatic N) is 4. The van der Waals surface area contributed by atoms with E-state index in [2.05, 4.69) is 5.27 Å². The zero-order valence-electron chi connectivity index (χ0n) is 14.6. The number of benzene rings is 1. The van der Waals surface area contributed by atoms with E-state index in [1.165, 1.54) is 27.5 Å². The number of halogens is 3. The van der Waals surface area contributed by atoms with Gasteiger partial charge in [0, 0.05) is 31.1 Å². The third-order valence-corrected chi connectivity index (χ3v) is 7.27. The lowest BCUT2D eigenvalue weighted by atomic mass is 10.1. The van der Waals surface area contributed by atoms with E-state index in [0.717, 1.165) is 4.79 Å². The third kappa shape index (κ3) is 3.79. The maximum absolute atomic E-state index is 13.1. The summed E-state index contributed by atoms with van der Waals surface area (Å²) in [4.78, 5) is 13.5. The van der Waals surface area contributed by atoms with Gasteiger partial charge in [-0.15, -0.1) is 0 Å². The summed E-state index contributed by atoms with van der Waals surface area (Å²) in [6.07, 6.45) is 0.181. The third-order valence-electron chi connectivity index (χ3n) is 4.36. The fourth-order valence-corrected chi connectivity index (χ4v) is 5.27. The standard InChI is InChI=1S/C15H16Cl3N5O4S/c1-2-12(24)11-8-21(5-6-22(11)23-14(18)15(19)27-20-23)28(25,26)13-4-3-9(16)7-10(13)17/h3-4,7,11,19H,2,5-6,8H2,1H3. The lowest BCUT2D eigenvalue weighted by Crippen LogP contribution is -2.73. The monoisotopic (exact) mass is 467 g/mol. The van der Waals surface area contributed by atoms with Crippen molar-refractivity contribution in [2.75, 3.05) is 24.6 Å². The SMILES string of the molecule is CCC(=O)C1CN(S(=O)(=O)c2ccc(Cl)cc2Cl)CCN1[n+]1[n-]oc(=N)c1Cl. The van der Waals surface area contributed by atoms with Gasteiger partial charge in [-0.25, -0.2) is 8.42 Å². The van der Waals surface area contributed by atoms with E-state index in [0.29, 0.717) is 5.02 Å². The number of Topliss-reactive ketones (excluding diaryl/α,β-unsaturated/α-hetero) is 1. The van der Waals surface area contributed by atoms with Crippen molar-refractivity contribution in [2.24, 2.45) is 0 Å². The number of piperazine rings is 1. The van der Waals surface area contributed by atoms with Crippen LogP contribution in [0.1, 0.15) is 13.3 Å². The van der Waals surface area contributed by atoms with Crippen LogP contribution in [0, 0.1) is 5.41 Å². The van der Waals surface area contributed by atoms with Gasteiger partial charge in [0.15, 0.2) is 0 Å². The minimum atomic E-state index is -3.95. The number of rotatable bonds is 5. The van der Waals surface area contributed by atoms with E-state index < -0.39 is 16.1 Å². The average molecular weight is 469 g/mol. The van der Waals surface area contributed by atoms with Gasteiger partial charge in [-0.2, -0.15) is 4.31 Å². The Bertz CT molecular complexity index is 1070. The minimum Gasteiger partial charge on any atom is -0.379 e. The molecule has 9 nitrogen and oxygen atoms in total. The van der Waals surface area contributed by atoms with Gasteiger partial charge in [0.1, 0.15) is 10.7 Å². The van der Waals surface area contributed by atoms with Gasteiger partial charge in [0.05, 0.1) is 11.1 Å². The molecule has 0 aliphatic carbocycles. The Balaban J connectivity index is 1.95. The van der Waals surface area contributed by atoms with Crippen LogP contribution in [0.4, 0.5) is 0 Å². The molecule has 3 rings (SSSR count). The fraction of sp³-hybridized carbons (Fsp3) is 0.400. The van der Waals surface area contributed by atoms with Crippen molar-refractivity contribution in [2.45, 2.75) is 24.3 Å². The molecule has 0 saturated carbocycles. The predicted molar refractivity (Wildman–Crippen MR) is 100 cm³/mol. The molecule has 1 aliphatic heterocycles. The molecule has 28 heavy (non-hydrogen) atoms. The number of ketones is 1. The van der Waals surface area contributed by atoms with Crippen LogP contribution in [0.2, 0.25) is 15.2 Å². The lowest BCUT2D eigenvalue weighted by Gasteiger charge is -2.40. The number of hydrogen-bond donors (Lipinski definition) is 1. The summed E-state index contributed by atoms with van der Waals surface area (Å²) in [6.45, 7) is 1.71. The minimum absolute atomic E-state index is 0.000987. The average Bonchev–Trinajstić information content (AvgIpc) is 2.99. The van der Waals surface area contributed by atoms with E-state index in [9.17, 15) is 13.2 Å². The molecule has 2 aromatic rings. The van der Waals surface area contributed by atoms with Crippen LogP contribution in [0.25, 0.3) is 0 Å². The second kappa shape index (κ2) is 8.03. The van der Waals surface area contributed by atoms with Gasteiger partial charge < -0.3 is 4.52 Å². The van der Waals surface area contributed by atoms with Gasteiger partial charge in [-0.1, -0.05) is 34.9 Å². The van der Waals surface area contributed by atoms with Gasteiger partial charge in [-0.3, -0.25) is 15.2 Å². The van der Waals surface area contributed by atoms with Gasteiger partial charge in [0.25, 0.3) is 0 Å². The first-order valence-electron chi connectivity index (χ1n) is 8.20. The molecule has 13 heteroatoms. The molecule has 0 spiro atoms. The summed E-state index contributed by atoms with van der Waals surface area (Å²) in [5.74, 6) is -0.208. The Morgan fingerprint density at radius 2 is 2.07 bits per heavy atom. The van der Waals surface area contributed by atoms with Crippen molar-refractivity contribution in [3.63, 3.8) is 0 Å². The molecule has 1 unspecified atom stereocenters. The second-order valence-electron chi connectivity index (χ2n) is 6.02. The van der Waals surface area contributed by atoms with Crippen LogP contribution >= 0.6 is 34.8 Å². The molecular formula is C15H16Cl3N5O4S. The highest BCUT2D eigenvalue weighted by Gasteiger charge is 2.39. The zero-order chi connectivity index (χ0) is 20.6. The number of nitrogens with one attached hydrogen (secondary N) is 1. The molecule has 1 atom stereocenters. The molecule has 1 saturated heterocycles. The molecule has 1 aromatic carbocycles. The molecule has 0 amide bonds. The first-order chi connectivity index (χ1) is 13.2. The molecular weight excluding hydrogens is 453 g/mol. The summed E-state index contributed by atoms with van der Waals surface area (Å²) in [7, 11) is -3.95. The highest BCUT2D eigenvalue weighted by molar-refractivity contribution is 7.89. The summed E-state index contributed by atoms with van der Waals surface area (Å²) < 4.78 is 32.0. The lowest BCUT2D eigenvalue weighted by molar-refractivity contribution is -0.764. The van der Waals surface area contributed by atoms with Crippen molar-refractivity contribution in [1.29, 1.82) is 5.41 Å². The predicted octanol–water partition coefficient (Wildman–Crippen LogP) is 0.954. The molecule has 1 fully saturated rings. The number of hydrogen-bond acceptors (Lipinski definition) is 6. The highest BCUT2D eigenvalue weighted by atomic mass is 35.5. The maximum Gasteiger partial charge on any atom is 0.360 e. The quantitative estimate of drug-likeness (QED) is 0.654. The molecule has 1 aromatic heterocycles. The molecule has 152 valence electrons. The second-order valence-corrected chi connectivity index (χ2v) is 9.13. The topological polar surface area (TPSA) is 113 Å². The van der Waals surface area contributed by atoms with Crippen LogP contribution in [0.5, 0.6) is 0 Å². The van der Waals surface area contributed by atoms with Crippen molar-refractivity contribution in [1.82, 2.24) is 9.58 Å². The number of carbonyl (C=O) groups excluding carboxylic acids is 1. The molecule has 1 N–H and O–H groups in total. The van der Waals surface area contributed by atoms with Crippen LogP contribution in [0.3, 0.4) is 0 Å². The van der Waals surface area contributed by atoms with E-state index >= 15 is 0 Å². The Morgan fingerprint density at radius 1 is 1.36 bits per heavy atom. The van der Waals surface area contributed by atoms with Gasteiger partial charge >= 0.3 is 10.7 Å². The molecule has 2 heterocycles. The molecule has 0 bridgehead atoms. The molecule has 1 aliphatic rings. The number of carbonyl (C=O) groups is 1. The Kier molecular flexibility index (Phi) is 6.06. The zero-order valence-corrected chi connectivity index (χ0v) is 17.7. The number of aromatic nitrogens is 2. The van der Waals surface area contributed by atoms with E-state index in [1.54, 1.807) is 6.92 Å². The first-order valence-corrected chi connectivity index (χ1v) is 10.8. The van der Waals surface area contributed by atoms with E-state index in [1.807, 2.05) is 0 Å². The first kappa shape index (κ1) is 21.1. The van der Waals surface area contributed by atoms with Gasteiger partial charge in [0.2, 0.25) is 10.0 Å². The van der Waals surface area contributed by atoms with Crippen molar-refractivity contribution < 1.29 is 22.5 Å². The van der Waals surface area contributed by atoms with Crippen LogP contribution in [-0.2, 0) is 14.8 Å². The van der Waals surface area contributed by atoms with Crippen LogP contribution in [0.15, 0.2) is 27.6 Å². The number of sulfonamides is 1. The largest absolute Gasteiger partial charge is 0.379 e. The van der Waals surface area contributed by atoms with Gasteiger partial charge in [-0.05, 0) is 35.1 Å². The summed E-state index contributed by atoms with van der Waals surface area (Å²) in [5, 5.41) is 12.9. The Hall–Kier alpha value is -1.59. The Morgan fingerprint density at radius 3 is 2.64 bits per heavy atom. The fourth-order valence-electron chi connectivity index (χ4n) is 2.92. The van der Waals surface area contributed by atoms with E-state index in [4.69, 9.17) is 44.7 Å².